The second-order valence-corrected chi connectivity index (χ2v) is 4.83. The largest absolute Gasteiger partial charge is 0.385 e. The summed E-state index contributed by atoms with van der Waals surface area (Å²) in [7, 11) is 3.47. The van der Waals surface area contributed by atoms with Crippen LogP contribution in [0.3, 0.4) is 0 Å². The number of rotatable bonds is 6. The summed E-state index contributed by atoms with van der Waals surface area (Å²) in [5, 5.41) is 6.51. The topological polar surface area (TPSA) is 63.0 Å². The molecular weight excluding hydrogens is 393 g/mol. The Morgan fingerprint density at radius 1 is 1.36 bits per heavy atom. The summed E-state index contributed by atoms with van der Waals surface area (Å²) in [4.78, 5) is 8.78. The zero-order chi connectivity index (χ0) is 15.1. The minimum absolute atomic E-state index is 0. The number of hydrogen-bond donors (Lipinski definition) is 2. The first-order chi connectivity index (χ1) is 10.2. The molecule has 2 rings (SSSR count). The van der Waals surface area contributed by atoms with Crippen molar-refractivity contribution in [1.29, 1.82) is 0 Å². The van der Waals surface area contributed by atoms with Crippen LogP contribution in [0.25, 0.3) is 5.65 Å². The van der Waals surface area contributed by atoms with Gasteiger partial charge in [0.25, 0.3) is 0 Å². The lowest BCUT2D eigenvalue weighted by Gasteiger charge is -2.10. The number of hydrogen-bond acceptors (Lipinski definition) is 3. The van der Waals surface area contributed by atoms with E-state index in [1.54, 1.807) is 14.2 Å². The fourth-order valence-corrected chi connectivity index (χ4v) is 2.10. The predicted octanol–water partition coefficient (Wildman–Crippen LogP) is 1.96. The van der Waals surface area contributed by atoms with Crippen LogP contribution in [0.2, 0.25) is 0 Å². The SMILES string of the molecule is CN=C(NCCCOC)NCc1cn2c(C)cccc2n1.I. The Bertz CT molecular complexity index is 611. The second-order valence-electron chi connectivity index (χ2n) is 4.83. The van der Waals surface area contributed by atoms with Gasteiger partial charge in [-0.05, 0) is 25.5 Å². The molecule has 0 amide bonds. The molecule has 0 bridgehead atoms. The van der Waals surface area contributed by atoms with Gasteiger partial charge in [0.1, 0.15) is 5.65 Å². The van der Waals surface area contributed by atoms with Crippen molar-refractivity contribution < 1.29 is 4.74 Å². The normalized spacial score (nSPS) is 11.3. The molecule has 0 aliphatic rings. The first-order valence-electron chi connectivity index (χ1n) is 7.11. The molecule has 2 N–H and O–H groups in total. The summed E-state index contributed by atoms with van der Waals surface area (Å²) in [6.45, 7) is 4.29. The molecule has 22 heavy (non-hydrogen) atoms. The van der Waals surface area contributed by atoms with Gasteiger partial charge in [0.15, 0.2) is 5.96 Å². The fourth-order valence-electron chi connectivity index (χ4n) is 2.10. The lowest BCUT2D eigenvalue weighted by Crippen LogP contribution is -2.37. The third-order valence-electron chi connectivity index (χ3n) is 3.22. The highest BCUT2D eigenvalue weighted by Gasteiger charge is 2.04. The molecule has 0 atom stereocenters. The Morgan fingerprint density at radius 3 is 2.86 bits per heavy atom. The lowest BCUT2D eigenvalue weighted by molar-refractivity contribution is 0.195. The van der Waals surface area contributed by atoms with Crippen molar-refractivity contribution in [1.82, 2.24) is 20.0 Å². The van der Waals surface area contributed by atoms with Crippen LogP contribution in [0.4, 0.5) is 0 Å². The Balaban J connectivity index is 0.00000242. The van der Waals surface area contributed by atoms with Crippen molar-refractivity contribution in [3.05, 3.63) is 35.8 Å². The number of halogens is 1. The maximum absolute atomic E-state index is 5.02. The minimum atomic E-state index is 0. The van der Waals surface area contributed by atoms with Gasteiger partial charge in [0.2, 0.25) is 0 Å². The molecule has 0 aromatic carbocycles. The highest BCUT2D eigenvalue weighted by molar-refractivity contribution is 14.0. The van der Waals surface area contributed by atoms with E-state index in [-0.39, 0.29) is 24.0 Å². The molecule has 2 aromatic rings. The van der Waals surface area contributed by atoms with Crippen molar-refractivity contribution >= 4 is 35.6 Å². The standard InChI is InChI=1S/C15H23N5O.HI/c1-12-6-4-7-14-19-13(11-20(12)14)10-18-15(16-2)17-8-5-9-21-3;/h4,6-7,11H,5,8-10H2,1-3H3,(H2,16,17,18);1H. The summed E-state index contributed by atoms with van der Waals surface area (Å²) < 4.78 is 7.11. The third kappa shape index (κ3) is 5.13. The Morgan fingerprint density at radius 2 is 2.18 bits per heavy atom. The van der Waals surface area contributed by atoms with Gasteiger partial charge in [-0.3, -0.25) is 4.99 Å². The number of pyridine rings is 1. The Labute approximate surface area is 148 Å². The number of nitrogens with zero attached hydrogens (tertiary/aromatic N) is 3. The van der Waals surface area contributed by atoms with Crippen molar-refractivity contribution in [3.63, 3.8) is 0 Å². The molecule has 0 aliphatic heterocycles. The smallest absolute Gasteiger partial charge is 0.191 e. The van der Waals surface area contributed by atoms with E-state index in [4.69, 9.17) is 4.74 Å². The number of aryl methyl sites for hydroxylation is 1. The maximum atomic E-state index is 5.02. The van der Waals surface area contributed by atoms with Gasteiger partial charge < -0.3 is 19.8 Å². The van der Waals surface area contributed by atoms with Gasteiger partial charge in [-0.1, -0.05) is 6.07 Å². The summed E-state index contributed by atoms with van der Waals surface area (Å²) in [6, 6.07) is 6.10. The zero-order valence-electron chi connectivity index (χ0n) is 13.3. The highest BCUT2D eigenvalue weighted by Crippen LogP contribution is 2.08. The maximum Gasteiger partial charge on any atom is 0.191 e. The van der Waals surface area contributed by atoms with Crippen molar-refractivity contribution in [2.45, 2.75) is 19.9 Å². The Kier molecular flexibility index (Phi) is 8.18. The van der Waals surface area contributed by atoms with Crippen LogP contribution < -0.4 is 10.6 Å². The zero-order valence-corrected chi connectivity index (χ0v) is 15.6. The van der Waals surface area contributed by atoms with Crippen molar-refractivity contribution in [3.8, 4) is 0 Å². The first kappa shape index (κ1) is 18.7. The first-order valence-corrected chi connectivity index (χ1v) is 7.11. The van der Waals surface area contributed by atoms with Gasteiger partial charge in [0, 0.05) is 39.2 Å². The van der Waals surface area contributed by atoms with E-state index in [2.05, 4.69) is 44.2 Å². The van der Waals surface area contributed by atoms with Gasteiger partial charge in [0.05, 0.1) is 12.2 Å². The minimum Gasteiger partial charge on any atom is -0.385 e. The molecule has 2 aromatic heterocycles. The van der Waals surface area contributed by atoms with Gasteiger partial charge in [-0.15, -0.1) is 24.0 Å². The highest BCUT2D eigenvalue weighted by atomic mass is 127. The number of imidazole rings is 1. The summed E-state index contributed by atoms with van der Waals surface area (Å²) >= 11 is 0. The summed E-state index contributed by atoms with van der Waals surface area (Å²) in [5.74, 6) is 0.778. The van der Waals surface area contributed by atoms with Crippen LogP contribution >= 0.6 is 24.0 Å². The van der Waals surface area contributed by atoms with E-state index in [1.165, 1.54) is 5.69 Å². The van der Waals surface area contributed by atoms with E-state index in [9.17, 15) is 0 Å². The molecule has 0 spiro atoms. The molecule has 6 nitrogen and oxygen atoms in total. The molecule has 0 fully saturated rings. The lowest BCUT2D eigenvalue weighted by atomic mass is 10.4. The third-order valence-corrected chi connectivity index (χ3v) is 3.22. The van der Waals surface area contributed by atoms with Crippen LogP contribution in [0.1, 0.15) is 17.8 Å². The molecular formula is C15H24IN5O. The molecule has 0 saturated carbocycles. The number of methoxy groups -OCH3 is 1. The van der Waals surface area contributed by atoms with Crippen LogP contribution in [-0.2, 0) is 11.3 Å². The number of guanidine groups is 1. The summed E-state index contributed by atoms with van der Waals surface area (Å²) in [6.07, 6.45) is 3.00. The van der Waals surface area contributed by atoms with E-state index < -0.39 is 0 Å². The number of nitrogens with one attached hydrogen (secondary N) is 2. The van der Waals surface area contributed by atoms with E-state index >= 15 is 0 Å². The second kappa shape index (κ2) is 9.62. The number of aromatic nitrogens is 2. The van der Waals surface area contributed by atoms with Crippen molar-refractivity contribution in [2.24, 2.45) is 4.99 Å². The number of fused-ring (bicyclic) bond motifs is 1. The molecule has 0 unspecified atom stereocenters. The Hall–Kier alpha value is -1.35. The number of aliphatic imine (C=N–C) groups is 1. The molecule has 2 heterocycles. The van der Waals surface area contributed by atoms with E-state index in [0.717, 1.165) is 36.9 Å². The quantitative estimate of drug-likeness (QED) is 0.327. The van der Waals surface area contributed by atoms with Crippen molar-refractivity contribution in [2.75, 3.05) is 27.3 Å². The molecule has 0 aliphatic carbocycles. The van der Waals surface area contributed by atoms with Gasteiger partial charge in [-0.2, -0.15) is 0 Å². The predicted molar refractivity (Wildman–Crippen MR) is 100 cm³/mol. The van der Waals surface area contributed by atoms with Gasteiger partial charge in [-0.25, -0.2) is 4.98 Å². The number of ether oxygens (including phenoxy) is 1. The molecule has 0 saturated heterocycles. The van der Waals surface area contributed by atoms with Crippen LogP contribution in [-0.4, -0.2) is 42.7 Å². The average Bonchev–Trinajstić information content (AvgIpc) is 2.91. The fraction of sp³-hybridized carbons (Fsp3) is 0.467. The van der Waals surface area contributed by atoms with Crippen LogP contribution in [0, 0.1) is 6.92 Å². The summed E-state index contributed by atoms with van der Waals surface area (Å²) in [5.41, 5.74) is 3.13. The monoisotopic (exact) mass is 417 g/mol. The van der Waals surface area contributed by atoms with Gasteiger partial charge >= 0.3 is 0 Å². The average molecular weight is 417 g/mol. The molecule has 7 heteroatoms. The molecule has 122 valence electrons. The molecule has 0 radical (unpaired) electrons. The van der Waals surface area contributed by atoms with Crippen LogP contribution in [0.15, 0.2) is 29.4 Å². The van der Waals surface area contributed by atoms with E-state index in [0.29, 0.717) is 6.54 Å². The van der Waals surface area contributed by atoms with E-state index in [1.807, 2.05) is 12.1 Å². The van der Waals surface area contributed by atoms with Crippen LogP contribution in [0.5, 0.6) is 0 Å².